The van der Waals surface area contributed by atoms with Gasteiger partial charge in [-0.15, -0.1) is 12.4 Å². The van der Waals surface area contributed by atoms with E-state index in [2.05, 4.69) is 17.6 Å². The van der Waals surface area contributed by atoms with Gasteiger partial charge in [0, 0.05) is 31.2 Å². The van der Waals surface area contributed by atoms with Crippen LogP contribution in [0.4, 0.5) is 0 Å². The number of pyridine rings is 1. The smallest absolute Gasteiger partial charge is 0.263 e. The molecule has 3 heterocycles. The van der Waals surface area contributed by atoms with Crippen LogP contribution in [-0.4, -0.2) is 43.8 Å². The van der Waals surface area contributed by atoms with E-state index in [9.17, 15) is 9.59 Å². The summed E-state index contributed by atoms with van der Waals surface area (Å²) in [7, 11) is 1.62. The van der Waals surface area contributed by atoms with Gasteiger partial charge < -0.3 is 24.7 Å². The second-order valence-electron chi connectivity index (χ2n) is 8.38. The van der Waals surface area contributed by atoms with E-state index in [1.807, 2.05) is 28.8 Å². The second-order valence-corrected chi connectivity index (χ2v) is 8.38. The summed E-state index contributed by atoms with van der Waals surface area (Å²) in [6.07, 6.45) is 2.68. The summed E-state index contributed by atoms with van der Waals surface area (Å²) < 4.78 is 12.9. The monoisotopic (exact) mass is 461 g/mol. The molecule has 32 heavy (non-hydrogen) atoms. The maximum absolute atomic E-state index is 13.0. The number of rotatable bonds is 8. The third-order valence-electron chi connectivity index (χ3n) is 6.14. The van der Waals surface area contributed by atoms with E-state index in [0.717, 1.165) is 42.9 Å². The molecule has 2 aliphatic rings. The number of nitrogens with zero attached hydrogens (tertiary/aromatic N) is 1. The number of nitrogens with one attached hydrogen (secondary N) is 2. The third kappa shape index (κ3) is 5.10. The van der Waals surface area contributed by atoms with Gasteiger partial charge in [0.05, 0.1) is 13.7 Å². The molecule has 2 N–H and O–H groups in total. The fourth-order valence-electron chi connectivity index (χ4n) is 4.58. The number of ether oxygens (including phenoxy) is 2. The van der Waals surface area contributed by atoms with Gasteiger partial charge in [-0.3, -0.25) is 9.59 Å². The zero-order chi connectivity index (χ0) is 21.8. The van der Waals surface area contributed by atoms with Gasteiger partial charge in [-0.1, -0.05) is 13.0 Å². The van der Waals surface area contributed by atoms with Gasteiger partial charge in [-0.05, 0) is 61.6 Å². The summed E-state index contributed by atoms with van der Waals surface area (Å²) in [5, 5.41) is 6.33. The Labute approximate surface area is 194 Å². The molecular formula is C24H32ClN3O4. The molecule has 1 saturated heterocycles. The van der Waals surface area contributed by atoms with Gasteiger partial charge in [0.25, 0.3) is 11.5 Å². The summed E-state index contributed by atoms with van der Waals surface area (Å²) >= 11 is 0. The Morgan fingerprint density at radius 1 is 1.22 bits per heavy atom. The fraction of sp³-hybridized carbons (Fsp3) is 0.500. The number of methoxy groups -OCH3 is 1. The van der Waals surface area contributed by atoms with E-state index in [1.165, 1.54) is 0 Å². The zero-order valence-electron chi connectivity index (χ0n) is 18.7. The summed E-state index contributed by atoms with van der Waals surface area (Å²) in [6.45, 7) is 5.65. The topological polar surface area (TPSA) is 81.6 Å². The molecule has 0 saturated carbocycles. The van der Waals surface area contributed by atoms with Crippen molar-refractivity contribution in [3.8, 4) is 11.5 Å². The van der Waals surface area contributed by atoms with E-state index >= 15 is 0 Å². The van der Waals surface area contributed by atoms with Gasteiger partial charge in [0.1, 0.15) is 5.56 Å². The maximum atomic E-state index is 13.0. The van der Waals surface area contributed by atoms with Gasteiger partial charge in [-0.25, -0.2) is 0 Å². The van der Waals surface area contributed by atoms with E-state index in [4.69, 9.17) is 9.47 Å². The molecule has 1 aromatic heterocycles. The van der Waals surface area contributed by atoms with Crippen LogP contribution in [0.2, 0.25) is 0 Å². The molecule has 174 valence electrons. The number of benzene rings is 1. The van der Waals surface area contributed by atoms with Gasteiger partial charge >= 0.3 is 0 Å². The number of piperidine rings is 1. The van der Waals surface area contributed by atoms with Crippen LogP contribution < -0.4 is 25.7 Å². The normalized spacial score (nSPS) is 18.8. The average molecular weight is 462 g/mol. The van der Waals surface area contributed by atoms with E-state index in [0.29, 0.717) is 43.7 Å². The lowest BCUT2D eigenvalue weighted by molar-refractivity contribution is 0.0951. The number of halogens is 1. The van der Waals surface area contributed by atoms with Crippen LogP contribution in [0.15, 0.2) is 35.1 Å². The Balaban J connectivity index is 0.00000289. The lowest BCUT2D eigenvalue weighted by Gasteiger charge is -2.37. The molecule has 8 heteroatoms. The average Bonchev–Trinajstić information content (AvgIpc) is 2.79. The first-order chi connectivity index (χ1) is 15.1. The molecule has 1 aromatic carbocycles. The lowest BCUT2D eigenvalue weighted by Crippen LogP contribution is -2.46. The Morgan fingerprint density at radius 2 is 2.06 bits per heavy atom. The molecule has 1 amide bonds. The van der Waals surface area contributed by atoms with Crippen molar-refractivity contribution in [2.75, 3.05) is 33.4 Å². The molecule has 4 rings (SSSR count). The number of aromatic nitrogens is 1. The number of hydrogen-bond acceptors (Lipinski definition) is 5. The van der Waals surface area contributed by atoms with Gasteiger partial charge in [0.15, 0.2) is 11.5 Å². The highest BCUT2D eigenvalue weighted by molar-refractivity contribution is 5.93. The predicted octanol–water partition coefficient (Wildman–Crippen LogP) is 2.75. The lowest BCUT2D eigenvalue weighted by atomic mass is 9.84. The first-order valence-corrected chi connectivity index (χ1v) is 11.1. The first kappa shape index (κ1) is 24.1. The number of fused-ring (bicyclic) bond motifs is 4. The van der Waals surface area contributed by atoms with Gasteiger partial charge in [0.2, 0.25) is 0 Å². The van der Waals surface area contributed by atoms with Crippen molar-refractivity contribution < 1.29 is 14.3 Å². The third-order valence-corrected chi connectivity index (χ3v) is 6.14. The largest absolute Gasteiger partial charge is 0.493 e. The SMILES string of the molecule is CCCOc1ccc(CCNC(=O)c2ccc3n(c2=O)C[C@@H]2CNC[C@H]3C2)cc1OC.Cl. The predicted molar refractivity (Wildman–Crippen MR) is 126 cm³/mol. The van der Waals surface area contributed by atoms with Crippen LogP contribution in [0.1, 0.15) is 47.3 Å². The molecule has 0 spiro atoms. The number of carbonyl (C=O) groups excluding carboxylic acids is 1. The Morgan fingerprint density at radius 3 is 2.84 bits per heavy atom. The van der Waals surface area contributed by atoms with Gasteiger partial charge in [-0.2, -0.15) is 0 Å². The van der Waals surface area contributed by atoms with Crippen LogP contribution in [0, 0.1) is 5.92 Å². The van der Waals surface area contributed by atoms with Crippen molar-refractivity contribution in [2.24, 2.45) is 5.92 Å². The van der Waals surface area contributed by atoms with E-state index in [1.54, 1.807) is 13.2 Å². The standard InChI is InChI=1S/C24H31N3O4.ClH/c1-3-10-31-21-7-4-16(12-22(21)30-2)8-9-26-23(28)19-5-6-20-18-11-17(13-25-14-18)15-27(20)24(19)29;/h4-7,12,17-18,25H,3,8-11,13-15H2,1-2H3,(H,26,28);1H/t17-,18+;/m0./s1. The van der Waals surface area contributed by atoms with Crippen molar-refractivity contribution >= 4 is 18.3 Å². The molecule has 0 unspecified atom stereocenters. The van der Waals surface area contributed by atoms with Crippen LogP contribution in [-0.2, 0) is 13.0 Å². The molecule has 2 aromatic rings. The minimum atomic E-state index is -0.316. The fourth-order valence-corrected chi connectivity index (χ4v) is 4.58. The van der Waals surface area contributed by atoms with Crippen molar-refractivity contribution in [1.82, 2.24) is 15.2 Å². The Kier molecular flexibility index (Phi) is 8.21. The maximum Gasteiger partial charge on any atom is 0.263 e. The van der Waals surface area contributed by atoms with Crippen molar-refractivity contribution in [3.05, 3.63) is 57.5 Å². The summed E-state index contributed by atoms with van der Waals surface area (Å²) in [6, 6.07) is 9.43. The molecule has 0 radical (unpaired) electrons. The summed E-state index contributed by atoms with van der Waals surface area (Å²) in [5.41, 5.74) is 2.12. The quantitative estimate of drug-likeness (QED) is 0.631. The van der Waals surface area contributed by atoms with E-state index in [-0.39, 0.29) is 29.4 Å². The minimum Gasteiger partial charge on any atom is -0.493 e. The minimum absolute atomic E-state index is 0. The summed E-state index contributed by atoms with van der Waals surface area (Å²) in [5.74, 6) is 1.91. The number of amides is 1. The molecule has 2 atom stereocenters. The van der Waals surface area contributed by atoms with Crippen molar-refractivity contribution in [3.63, 3.8) is 0 Å². The van der Waals surface area contributed by atoms with Crippen LogP contribution in [0.25, 0.3) is 0 Å². The highest BCUT2D eigenvalue weighted by Crippen LogP contribution is 2.31. The number of carbonyl (C=O) groups is 1. The van der Waals surface area contributed by atoms with Crippen molar-refractivity contribution in [1.29, 1.82) is 0 Å². The highest BCUT2D eigenvalue weighted by Gasteiger charge is 2.31. The molecular weight excluding hydrogens is 430 g/mol. The van der Waals surface area contributed by atoms with Crippen LogP contribution >= 0.6 is 12.4 Å². The Hall–Kier alpha value is -2.51. The molecule has 2 aliphatic heterocycles. The molecule has 7 nitrogen and oxygen atoms in total. The molecule has 0 aliphatic carbocycles. The zero-order valence-corrected chi connectivity index (χ0v) is 19.5. The van der Waals surface area contributed by atoms with Crippen LogP contribution in [0.3, 0.4) is 0 Å². The molecule has 2 bridgehead atoms. The van der Waals surface area contributed by atoms with E-state index < -0.39 is 0 Å². The van der Waals surface area contributed by atoms with Crippen molar-refractivity contribution in [2.45, 2.75) is 38.6 Å². The number of hydrogen-bond donors (Lipinski definition) is 2. The highest BCUT2D eigenvalue weighted by atomic mass is 35.5. The van der Waals surface area contributed by atoms with Crippen LogP contribution in [0.5, 0.6) is 11.5 Å². The molecule has 1 fully saturated rings. The second kappa shape index (κ2) is 10.9. The summed E-state index contributed by atoms with van der Waals surface area (Å²) in [4.78, 5) is 25.7. The Bertz CT molecular complexity index is 1010. The first-order valence-electron chi connectivity index (χ1n) is 11.1.